The molecule has 0 saturated carbocycles. The van der Waals surface area contributed by atoms with Crippen molar-refractivity contribution in [3.05, 3.63) is 77.2 Å². The van der Waals surface area contributed by atoms with Crippen LogP contribution in [0, 0.1) is 0 Å². The van der Waals surface area contributed by atoms with Gasteiger partial charge in [-0.25, -0.2) is 15.0 Å². The summed E-state index contributed by atoms with van der Waals surface area (Å²) in [5.74, 6) is 0.241. The number of halogens is 1. The molecule has 0 spiro atoms. The number of aromatic nitrogens is 3. The van der Waals surface area contributed by atoms with E-state index in [9.17, 15) is 8.76 Å². The Hall–Kier alpha value is -2.65. The normalized spacial score (nSPS) is 13.2. The van der Waals surface area contributed by atoms with E-state index in [1.807, 2.05) is 18.2 Å². The smallest absolute Gasteiger partial charge is 0.240 e. The molecule has 0 aliphatic heterocycles. The van der Waals surface area contributed by atoms with Crippen LogP contribution in [0.2, 0.25) is 5.28 Å². The van der Waals surface area contributed by atoms with Crippen LogP contribution >= 0.6 is 22.9 Å². The van der Waals surface area contributed by atoms with Crippen LogP contribution in [0.1, 0.15) is 24.8 Å². The maximum absolute atomic E-state index is 12.8. The predicted molar refractivity (Wildman–Crippen MR) is 127 cm³/mol. The van der Waals surface area contributed by atoms with Crippen molar-refractivity contribution in [2.75, 3.05) is 4.72 Å². The number of anilines is 1. The van der Waals surface area contributed by atoms with Gasteiger partial charge in [0.2, 0.25) is 10.2 Å². The Balaban J connectivity index is 1.75. The fraction of sp³-hybridized carbons (Fsp3) is 0.136. The topological polar surface area (TPSA) is 88.0 Å². The number of hydrogen-bond acceptors (Lipinski definition) is 5. The lowest BCUT2D eigenvalue weighted by Crippen LogP contribution is -2.20. The fourth-order valence-corrected chi connectivity index (χ4v) is 5.27. The SMILES string of the molecule is CC(C)c1nc(-c2cccc(N[S+](=O)(O)c3ccccc3)c2)c(-c2ccnc(Cl)n2)s1. The highest BCUT2D eigenvalue weighted by Gasteiger charge is 2.29. The minimum atomic E-state index is -3.44. The van der Waals surface area contributed by atoms with Crippen LogP contribution in [0.4, 0.5) is 5.69 Å². The third-order valence-corrected chi connectivity index (χ3v) is 7.44. The van der Waals surface area contributed by atoms with Gasteiger partial charge in [-0.3, -0.25) is 0 Å². The van der Waals surface area contributed by atoms with E-state index in [-0.39, 0.29) is 11.2 Å². The fourth-order valence-electron chi connectivity index (χ4n) is 2.97. The van der Waals surface area contributed by atoms with Crippen molar-refractivity contribution in [2.45, 2.75) is 24.7 Å². The Labute approximate surface area is 190 Å². The number of benzene rings is 2. The van der Waals surface area contributed by atoms with Crippen molar-refractivity contribution in [1.82, 2.24) is 15.0 Å². The highest BCUT2D eigenvalue weighted by molar-refractivity contribution is 7.99. The van der Waals surface area contributed by atoms with Gasteiger partial charge in [-0.2, -0.15) is 9.27 Å². The first-order valence-electron chi connectivity index (χ1n) is 9.53. The van der Waals surface area contributed by atoms with Crippen LogP contribution in [0.15, 0.2) is 71.8 Å². The molecule has 1 unspecified atom stereocenters. The zero-order chi connectivity index (χ0) is 22.0. The van der Waals surface area contributed by atoms with Gasteiger partial charge in [-0.1, -0.05) is 44.2 Å². The molecule has 158 valence electrons. The maximum atomic E-state index is 12.8. The average Bonchev–Trinajstić information content (AvgIpc) is 3.20. The van der Waals surface area contributed by atoms with E-state index in [1.54, 1.807) is 60.0 Å². The Morgan fingerprint density at radius 1 is 1.06 bits per heavy atom. The van der Waals surface area contributed by atoms with E-state index in [0.29, 0.717) is 16.3 Å². The van der Waals surface area contributed by atoms with Gasteiger partial charge < -0.3 is 0 Å². The van der Waals surface area contributed by atoms with Crippen molar-refractivity contribution in [1.29, 1.82) is 0 Å². The highest BCUT2D eigenvalue weighted by Crippen LogP contribution is 2.39. The van der Waals surface area contributed by atoms with Crippen LogP contribution < -0.4 is 4.72 Å². The molecule has 0 radical (unpaired) electrons. The summed E-state index contributed by atoms with van der Waals surface area (Å²) < 4.78 is 26.1. The molecule has 0 aliphatic carbocycles. The summed E-state index contributed by atoms with van der Waals surface area (Å²) in [4.78, 5) is 14.3. The van der Waals surface area contributed by atoms with Crippen molar-refractivity contribution in [2.24, 2.45) is 0 Å². The Bertz CT molecular complexity index is 1260. The lowest BCUT2D eigenvalue weighted by atomic mass is 10.1. The van der Waals surface area contributed by atoms with E-state index < -0.39 is 10.4 Å². The van der Waals surface area contributed by atoms with Crippen LogP contribution in [0.3, 0.4) is 0 Å². The van der Waals surface area contributed by atoms with Crippen LogP contribution in [-0.4, -0.2) is 19.5 Å². The van der Waals surface area contributed by atoms with Gasteiger partial charge in [-0.05, 0) is 46.1 Å². The molecule has 1 atom stereocenters. The number of nitrogens with one attached hydrogen (secondary N) is 1. The summed E-state index contributed by atoms with van der Waals surface area (Å²) >= 11 is 7.56. The number of thiazole rings is 1. The summed E-state index contributed by atoms with van der Waals surface area (Å²) in [6, 6.07) is 17.6. The van der Waals surface area contributed by atoms with Gasteiger partial charge in [0.05, 0.1) is 27.0 Å². The second-order valence-electron chi connectivity index (χ2n) is 7.12. The lowest BCUT2D eigenvalue weighted by molar-refractivity contribution is 0.503. The van der Waals surface area contributed by atoms with Gasteiger partial charge in [-0.15, -0.1) is 11.3 Å². The lowest BCUT2D eigenvalue weighted by Gasteiger charge is -2.08. The summed E-state index contributed by atoms with van der Waals surface area (Å²) in [5.41, 5.74) is 2.75. The Morgan fingerprint density at radius 3 is 2.55 bits per heavy atom. The van der Waals surface area contributed by atoms with Crippen molar-refractivity contribution in [3.63, 3.8) is 0 Å². The average molecular weight is 472 g/mol. The molecule has 0 bridgehead atoms. The maximum Gasteiger partial charge on any atom is 0.346 e. The molecule has 4 rings (SSSR count). The summed E-state index contributed by atoms with van der Waals surface area (Å²) in [7, 11) is -3.44. The van der Waals surface area contributed by atoms with Crippen molar-refractivity contribution >= 4 is 39.0 Å². The first-order chi connectivity index (χ1) is 14.8. The van der Waals surface area contributed by atoms with E-state index >= 15 is 0 Å². The molecule has 6 nitrogen and oxygen atoms in total. The molecule has 4 aromatic rings. The monoisotopic (exact) mass is 471 g/mol. The molecule has 31 heavy (non-hydrogen) atoms. The van der Waals surface area contributed by atoms with Crippen molar-refractivity contribution < 1.29 is 8.76 Å². The minimum absolute atomic E-state index is 0.168. The molecular weight excluding hydrogens is 452 g/mol. The Morgan fingerprint density at radius 2 is 1.84 bits per heavy atom. The van der Waals surface area contributed by atoms with Gasteiger partial charge in [0.25, 0.3) is 0 Å². The summed E-state index contributed by atoms with van der Waals surface area (Å²) in [6.07, 6.45) is 1.61. The molecule has 2 aromatic heterocycles. The van der Waals surface area contributed by atoms with E-state index in [4.69, 9.17) is 16.6 Å². The van der Waals surface area contributed by atoms with Crippen molar-refractivity contribution in [3.8, 4) is 21.8 Å². The second-order valence-corrected chi connectivity index (χ2v) is 10.2. The van der Waals surface area contributed by atoms with E-state index in [2.05, 4.69) is 28.5 Å². The first-order valence-corrected chi connectivity index (χ1v) is 12.2. The van der Waals surface area contributed by atoms with Crippen LogP contribution in [-0.2, 0) is 14.6 Å². The molecule has 2 heterocycles. The van der Waals surface area contributed by atoms with E-state index in [1.165, 1.54) is 0 Å². The zero-order valence-corrected chi connectivity index (χ0v) is 19.2. The molecule has 0 fully saturated rings. The van der Waals surface area contributed by atoms with Gasteiger partial charge in [0.15, 0.2) is 0 Å². The van der Waals surface area contributed by atoms with Gasteiger partial charge in [0, 0.05) is 17.7 Å². The van der Waals surface area contributed by atoms with Crippen LogP contribution in [0.5, 0.6) is 0 Å². The van der Waals surface area contributed by atoms with Crippen LogP contribution in [0.25, 0.3) is 21.8 Å². The Kier molecular flexibility index (Phi) is 6.15. The molecule has 0 saturated heterocycles. The molecule has 2 aromatic carbocycles. The highest BCUT2D eigenvalue weighted by atomic mass is 35.5. The molecule has 2 N–H and O–H groups in total. The third-order valence-electron chi connectivity index (χ3n) is 4.45. The zero-order valence-electron chi connectivity index (χ0n) is 16.8. The summed E-state index contributed by atoms with van der Waals surface area (Å²) in [5, 5.41) is 1.13. The molecule has 0 aliphatic rings. The number of hydrogen-bond donors (Lipinski definition) is 2. The molecule has 0 amide bonds. The standard InChI is InChI=1S/C22H19ClN4O2S2/c1-14(2)21-26-19(20(30-21)18-11-12-24-22(23)25-18)15-7-6-8-16(13-15)27-31(28,29)17-9-4-3-5-10-17/h3-14H,1-2H3,(H-,27,28,29)/p+1. The second kappa shape index (κ2) is 8.84. The third kappa shape index (κ3) is 4.83. The largest absolute Gasteiger partial charge is 0.346 e. The first kappa shape index (κ1) is 21.6. The number of nitrogens with zero attached hydrogens (tertiary/aromatic N) is 3. The van der Waals surface area contributed by atoms with Gasteiger partial charge in [0.1, 0.15) is 0 Å². The predicted octanol–water partition coefficient (Wildman–Crippen LogP) is 6.40. The van der Waals surface area contributed by atoms with Gasteiger partial charge >= 0.3 is 10.4 Å². The summed E-state index contributed by atoms with van der Waals surface area (Å²) in [6.45, 7) is 4.16. The molecule has 9 heteroatoms. The van der Waals surface area contributed by atoms with E-state index in [0.717, 1.165) is 21.1 Å². The molecular formula is C22H20ClN4O2S2+. The quantitative estimate of drug-likeness (QED) is 0.251. The minimum Gasteiger partial charge on any atom is -0.240 e. The number of rotatable bonds is 6.